The van der Waals surface area contributed by atoms with Crippen LogP contribution >= 0.6 is 11.6 Å². The quantitative estimate of drug-likeness (QED) is 0.419. The average molecular weight is 442 g/mol. The Morgan fingerprint density at radius 3 is 2.58 bits per heavy atom. The number of nitro groups is 1. The van der Waals surface area contributed by atoms with E-state index in [0.29, 0.717) is 40.4 Å². The van der Waals surface area contributed by atoms with E-state index in [0.717, 1.165) is 36.9 Å². The lowest BCUT2D eigenvalue weighted by atomic mass is 9.99. The van der Waals surface area contributed by atoms with Crippen LogP contribution in [0.15, 0.2) is 35.1 Å². The zero-order chi connectivity index (χ0) is 22.1. The summed E-state index contributed by atoms with van der Waals surface area (Å²) < 4.78 is 6.18. The van der Waals surface area contributed by atoms with Crippen LogP contribution in [0.3, 0.4) is 0 Å². The third-order valence-corrected chi connectivity index (χ3v) is 5.92. The van der Waals surface area contributed by atoms with E-state index >= 15 is 0 Å². The van der Waals surface area contributed by atoms with Crippen LogP contribution in [0.4, 0.5) is 5.69 Å². The number of rotatable bonds is 6. The topological polar surface area (TPSA) is 97.3 Å². The fourth-order valence-electron chi connectivity index (χ4n) is 4.25. The van der Waals surface area contributed by atoms with Gasteiger partial charge >= 0.3 is 0 Å². The van der Waals surface area contributed by atoms with Crippen molar-refractivity contribution in [1.82, 2.24) is 10.3 Å². The molecule has 0 spiro atoms. The summed E-state index contributed by atoms with van der Waals surface area (Å²) in [5.74, 6) is 0.349. The molecule has 0 amide bonds. The van der Waals surface area contributed by atoms with Crippen LogP contribution in [0.1, 0.15) is 30.4 Å². The zero-order valence-corrected chi connectivity index (χ0v) is 18.2. The van der Waals surface area contributed by atoms with Gasteiger partial charge in [0, 0.05) is 17.5 Å². The fourth-order valence-corrected chi connectivity index (χ4v) is 4.49. The molecule has 8 heteroatoms. The predicted octanol–water partition coefficient (Wildman–Crippen LogP) is 4.89. The van der Waals surface area contributed by atoms with E-state index in [1.165, 1.54) is 12.1 Å². The number of fused-ring (bicyclic) bond motifs is 1. The molecule has 7 nitrogen and oxygen atoms in total. The number of nitro benzene ring substituents is 1. The molecular formula is C23H24ClN3O4. The summed E-state index contributed by atoms with van der Waals surface area (Å²) in [5.41, 5.74) is 2.96. The number of aromatic nitrogens is 1. The first-order valence-electron chi connectivity index (χ1n) is 10.3. The molecule has 3 aromatic rings. The molecule has 0 aliphatic carbocycles. The van der Waals surface area contributed by atoms with E-state index in [9.17, 15) is 14.9 Å². The van der Waals surface area contributed by atoms with E-state index in [1.807, 2.05) is 32.0 Å². The van der Waals surface area contributed by atoms with Crippen molar-refractivity contribution in [3.05, 3.63) is 66.9 Å². The Labute approximate surface area is 184 Å². The molecule has 31 heavy (non-hydrogen) atoms. The molecule has 1 saturated heterocycles. The molecule has 1 aromatic heterocycles. The second-order valence-electron chi connectivity index (χ2n) is 8.07. The highest BCUT2D eigenvalue weighted by Crippen LogP contribution is 2.38. The number of aromatic amines is 1. The first kappa shape index (κ1) is 21.3. The molecule has 2 N–H and O–H groups in total. The van der Waals surface area contributed by atoms with Crippen molar-refractivity contribution in [3.8, 4) is 16.9 Å². The van der Waals surface area contributed by atoms with Gasteiger partial charge in [-0.05, 0) is 51.3 Å². The Morgan fingerprint density at radius 2 is 1.94 bits per heavy atom. The zero-order valence-electron chi connectivity index (χ0n) is 17.5. The fraction of sp³-hybridized carbons (Fsp3) is 0.348. The third kappa shape index (κ3) is 4.43. The summed E-state index contributed by atoms with van der Waals surface area (Å²) in [7, 11) is 0. The van der Waals surface area contributed by atoms with Crippen LogP contribution in [-0.2, 0) is 0 Å². The summed E-state index contributed by atoms with van der Waals surface area (Å²) in [5, 5.41) is 15.3. The van der Waals surface area contributed by atoms with E-state index in [4.69, 9.17) is 16.3 Å². The normalized spacial score (nSPS) is 16.0. The molecule has 1 aliphatic heterocycles. The third-order valence-electron chi connectivity index (χ3n) is 5.62. The van der Waals surface area contributed by atoms with Gasteiger partial charge in [0.25, 0.3) is 11.2 Å². The smallest absolute Gasteiger partial charge is 0.288 e. The van der Waals surface area contributed by atoms with Crippen molar-refractivity contribution in [2.45, 2.75) is 39.2 Å². The average Bonchev–Trinajstić information content (AvgIpc) is 3.19. The Morgan fingerprint density at radius 1 is 1.19 bits per heavy atom. The highest BCUT2D eigenvalue weighted by atomic mass is 35.5. The lowest BCUT2D eigenvalue weighted by Gasteiger charge is -2.17. The molecule has 0 unspecified atom stereocenters. The summed E-state index contributed by atoms with van der Waals surface area (Å²) in [4.78, 5) is 26.9. The molecule has 0 radical (unpaired) electrons. The summed E-state index contributed by atoms with van der Waals surface area (Å²) in [6, 6.07) is 9.02. The minimum absolute atomic E-state index is 0.0339. The van der Waals surface area contributed by atoms with Gasteiger partial charge in [0.2, 0.25) is 0 Å². The minimum Gasteiger partial charge on any atom is -0.492 e. The van der Waals surface area contributed by atoms with Gasteiger partial charge in [-0.15, -0.1) is 0 Å². The summed E-state index contributed by atoms with van der Waals surface area (Å²) in [6.45, 7) is 5.31. The lowest BCUT2D eigenvalue weighted by molar-refractivity contribution is -0.384. The number of hydrogen-bond donors (Lipinski definition) is 2. The molecule has 0 bridgehead atoms. The molecule has 2 heterocycles. The molecule has 1 fully saturated rings. The van der Waals surface area contributed by atoms with Crippen LogP contribution in [0, 0.1) is 24.0 Å². The molecular weight excluding hydrogens is 418 g/mol. The number of nitrogens with one attached hydrogen (secondary N) is 2. The number of ether oxygens (including phenoxy) is 1. The van der Waals surface area contributed by atoms with E-state index in [1.54, 1.807) is 0 Å². The molecule has 1 aliphatic rings. The maximum atomic E-state index is 13.1. The second-order valence-corrected chi connectivity index (χ2v) is 8.48. The van der Waals surface area contributed by atoms with Crippen LogP contribution in [-0.4, -0.2) is 29.1 Å². The van der Waals surface area contributed by atoms with Crippen LogP contribution < -0.4 is 15.6 Å². The van der Waals surface area contributed by atoms with Gasteiger partial charge in [-0.25, -0.2) is 0 Å². The van der Waals surface area contributed by atoms with Crippen LogP contribution in [0.5, 0.6) is 5.75 Å². The lowest BCUT2D eigenvalue weighted by Crippen LogP contribution is -2.24. The standard InChI is InChI=1S/C23H24ClN3O4/c1-13-8-14(2)10-15(9-13)21-22(31-7-5-16-4-3-6-25-16)17-11-20(27(29)30)18(24)12-19(17)26-23(21)28/h8-12,16,25H,3-7H2,1-2H3,(H,26,28)/t16-/m0/s1. The Balaban J connectivity index is 1.89. The number of nitrogens with zero attached hydrogens (tertiary/aromatic N) is 1. The van der Waals surface area contributed by atoms with E-state index in [-0.39, 0.29) is 16.3 Å². The summed E-state index contributed by atoms with van der Waals surface area (Å²) >= 11 is 6.08. The van der Waals surface area contributed by atoms with Gasteiger partial charge in [-0.3, -0.25) is 14.9 Å². The van der Waals surface area contributed by atoms with E-state index < -0.39 is 4.92 Å². The minimum atomic E-state index is -0.532. The van der Waals surface area contributed by atoms with Crippen molar-refractivity contribution in [3.63, 3.8) is 0 Å². The number of hydrogen-bond acceptors (Lipinski definition) is 5. The van der Waals surface area contributed by atoms with E-state index in [2.05, 4.69) is 10.3 Å². The Bertz CT molecular complexity index is 1200. The summed E-state index contributed by atoms with van der Waals surface area (Å²) in [6.07, 6.45) is 3.01. The van der Waals surface area contributed by atoms with Gasteiger partial charge in [-0.2, -0.15) is 0 Å². The van der Waals surface area contributed by atoms with Crippen LogP contribution in [0.25, 0.3) is 22.0 Å². The van der Waals surface area contributed by atoms with Crippen molar-refractivity contribution >= 4 is 28.2 Å². The number of aryl methyl sites for hydroxylation is 2. The van der Waals surface area contributed by atoms with Crippen molar-refractivity contribution in [2.75, 3.05) is 13.2 Å². The second kappa shape index (κ2) is 8.69. The number of pyridine rings is 1. The number of halogens is 1. The van der Waals surface area contributed by atoms with Gasteiger partial charge in [0.1, 0.15) is 10.8 Å². The van der Waals surface area contributed by atoms with Gasteiger partial charge in [-0.1, -0.05) is 40.9 Å². The van der Waals surface area contributed by atoms with Crippen molar-refractivity contribution in [2.24, 2.45) is 0 Å². The molecule has 162 valence electrons. The SMILES string of the molecule is Cc1cc(C)cc(-c2c(OCC[C@@H]3CCCN3)c3cc([N+](=O)[O-])c(Cl)cc3[nH]c2=O)c1. The van der Waals surface area contributed by atoms with Crippen molar-refractivity contribution < 1.29 is 9.66 Å². The van der Waals surface area contributed by atoms with Gasteiger partial charge < -0.3 is 15.0 Å². The Kier molecular flexibility index (Phi) is 5.98. The van der Waals surface area contributed by atoms with Crippen molar-refractivity contribution in [1.29, 1.82) is 0 Å². The van der Waals surface area contributed by atoms with Crippen LogP contribution in [0.2, 0.25) is 5.02 Å². The molecule has 2 aromatic carbocycles. The first-order valence-corrected chi connectivity index (χ1v) is 10.7. The molecule has 0 saturated carbocycles. The highest BCUT2D eigenvalue weighted by Gasteiger charge is 2.22. The largest absolute Gasteiger partial charge is 0.492 e. The highest BCUT2D eigenvalue weighted by molar-refractivity contribution is 6.33. The van der Waals surface area contributed by atoms with Gasteiger partial charge in [0.05, 0.1) is 22.6 Å². The predicted molar refractivity (Wildman–Crippen MR) is 122 cm³/mol. The maximum Gasteiger partial charge on any atom is 0.288 e. The maximum absolute atomic E-state index is 13.1. The first-order chi connectivity index (χ1) is 14.8. The molecule has 4 rings (SSSR count). The number of H-pyrrole nitrogens is 1. The molecule has 1 atom stereocenters. The monoisotopic (exact) mass is 441 g/mol. The number of benzene rings is 2. The van der Waals surface area contributed by atoms with Gasteiger partial charge in [0.15, 0.2) is 0 Å². The Hall–Kier alpha value is -2.90.